The number of ether oxygens (including phenoxy) is 1. The molecule has 0 bridgehead atoms. The van der Waals surface area contributed by atoms with Gasteiger partial charge in [-0.2, -0.15) is 4.98 Å². The molecule has 31 heavy (non-hydrogen) atoms. The number of hydrogen-bond donors (Lipinski definition) is 1. The van der Waals surface area contributed by atoms with Gasteiger partial charge in [-0.25, -0.2) is 9.48 Å². The Labute approximate surface area is 194 Å². The summed E-state index contributed by atoms with van der Waals surface area (Å²) in [6.45, 7) is 3.91. The lowest BCUT2D eigenvalue weighted by atomic mass is 9.96. The number of carbonyl (C=O) groups is 1. The Balaban J connectivity index is 1.67. The highest BCUT2D eigenvalue weighted by Gasteiger charge is 2.35. The molecule has 1 aliphatic rings. The SMILES string of the molecule is CCOC(=O)C1=C(C)Nc2nc(SCc3ccc(Cl)cc3)nn2C1c1ccc(Cl)cc1. The highest BCUT2D eigenvalue weighted by Crippen LogP contribution is 2.37. The molecule has 160 valence electrons. The molecule has 0 radical (unpaired) electrons. The molecule has 2 aromatic carbocycles. The minimum Gasteiger partial charge on any atom is -0.463 e. The zero-order valence-electron chi connectivity index (χ0n) is 16.9. The topological polar surface area (TPSA) is 69.0 Å². The van der Waals surface area contributed by atoms with Gasteiger partial charge in [0.05, 0.1) is 12.2 Å². The van der Waals surface area contributed by atoms with Crippen molar-refractivity contribution in [2.45, 2.75) is 30.8 Å². The van der Waals surface area contributed by atoms with Gasteiger partial charge >= 0.3 is 5.97 Å². The minimum absolute atomic E-state index is 0.287. The number of nitrogens with one attached hydrogen (secondary N) is 1. The first-order valence-corrected chi connectivity index (χ1v) is 11.4. The normalized spacial score (nSPS) is 15.4. The van der Waals surface area contributed by atoms with Crippen molar-refractivity contribution >= 4 is 46.9 Å². The fourth-order valence-electron chi connectivity index (χ4n) is 3.35. The van der Waals surface area contributed by atoms with Crippen LogP contribution in [0.1, 0.15) is 31.0 Å². The van der Waals surface area contributed by atoms with E-state index in [4.69, 9.17) is 33.0 Å². The maximum atomic E-state index is 12.8. The van der Waals surface area contributed by atoms with Crippen LogP contribution in [-0.2, 0) is 15.3 Å². The quantitative estimate of drug-likeness (QED) is 0.363. The minimum atomic E-state index is -0.468. The molecule has 3 aromatic rings. The summed E-state index contributed by atoms with van der Waals surface area (Å²) in [5.74, 6) is 0.886. The van der Waals surface area contributed by atoms with Crippen molar-refractivity contribution in [3.05, 3.63) is 81.0 Å². The summed E-state index contributed by atoms with van der Waals surface area (Å²) in [7, 11) is 0. The average molecular weight is 475 g/mol. The Morgan fingerprint density at radius 3 is 2.42 bits per heavy atom. The van der Waals surface area contributed by atoms with Crippen LogP contribution < -0.4 is 5.32 Å². The lowest BCUT2D eigenvalue weighted by Gasteiger charge is -2.28. The van der Waals surface area contributed by atoms with Crippen molar-refractivity contribution in [1.82, 2.24) is 14.8 Å². The van der Waals surface area contributed by atoms with E-state index in [1.54, 1.807) is 23.7 Å². The molecule has 1 unspecified atom stereocenters. The van der Waals surface area contributed by atoms with Gasteiger partial charge in [-0.05, 0) is 49.2 Å². The van der Waals surface area contributed by atoms with Crippen molar-refractivity contribution in [3.8, 4) is 0 Å². The molecular formula is C22H20Cl2N4O2S. The number of aromatic nitrogens is 3. The van der Waals surface area contributed by atoms with Crippen LogP contribution >= 0.6 is 35.0 Å². The second-order valence-corrected chi connectivity index (χ2v) is 8.73. The van der Waals surface area contributed by atoms with Gasteiger partial charge in [0.15, 0.2) is 0 Å². The maximum Gasteiger partial charge on any atom is 0.338 e. The number of halogens is 2. The van der Waals surface area contributed by atoms with E-state index in [0.717, 1.165) is 11.1 Å². The van der Waals surface area contributed by atoms with Crippen LogP contribution in [0.3, 0.4) is 0 Å². The van der Waals surface area contributed by atoms with E-state index >= 15 is 0 Å². The first kappa shape index (κ1) is 21.7. The molecule has 0 saturated carbocycles. The summed E-state index contributed by atoms with van der Waals surface area (Å²) < 4.78 is 7.05. The molecule has 0 aliphatic carbocycles. The summed E-state index contributed by atoms with van der Waals surface area (Å²) in [5.41, 5.74) is 3.17. The fourth-order valence-corrected chi connectivity index (χ4v) is 4.38. The molecule has 0 spiro atoms. The Morgan fingerprint density at radius 1 is 1.13 bits per heavy atom. The molecule has 0 fully saturated rings. The highest BCUT2D eigenvalue weighted by atomic mass is 35.5. The summed E-state index contributed by atoms with van der Waals surface area (Å²) in [6, 6.07) is 14.6. The molecule has 1 aromatic heterocycles. The van der Waals surface area contributed by atoms with Crippen molar-refractivity contribution in [3.63, 3.8) is 0 Å². The third-order valence-electron chi connectivity index (χ3n) is 4.80. The molecule has 2 heterocycles. The number of esters is 1. The largest absolute Gasteiger partial charge is 0.463 e. The van der Waals surface area contributed by atoms with E-state index in [2.05, 4.69) is 10.3 Å². The number of benzene rings is 2. The van der Waals surface area contributed by atoms with Crippen LogP contribution in [0, 0.1) is 0 Å². The van der Waals surface area contributed by atoms with Gasteiger partial charge in [-0.3, -0.25) is 0 Å². The average Bonchev–Trinajstić information content (AvgIpc) is 3.15. The third-order valence-corrected chi connectivity index (χ3v) is 6.21. The number of thioether (sulfide) groups is 1. The number of hydrogen-bond acceptors (Lipinski definition) is 6. The molecule has 1 aliphatic heterocycles. The third kappa shape index (κ3) is 4.74. The van der Waals surface area contributed by atoms with Crippen LogP contribution in [0.25, 0.3) is 0 Å². The Hall–Kier alpha value is -2.48. The second-order valence-electron chi connectivity index (χ2n) is 6.92. The lowest BCUT2D eigenvalue weighted by Crippen LogP contribution is -2.29. The van der Waals surface area contributed by atoms with E-state index in [1.807, 2.05) is 43.3 Å². The first-order chi connectivity index (χ1) is 15.0. The predicted molar refractivity (Wildman–Crippen MR) is 124 cm³/mol. The molecule has 6 nitrogen and oxygen atoms in total. The number of carbonyl (C=O) groups excluding carboxylic acids is 1. The van der Waals surface area contributed by atoms with Gasteiger partial charge in [0.2, 0.25) is 11.1 Å². The monoisotopic (exact) mass is 474 g/mol. The van der Waals surface area contributed by atoms with E-state index in [9.17, 15) is 4.79 Å². The number of rotatable bonds is 6. The second kappa shape index (κ2) is 9.34. The lowest BCUT2D eigenvalue weighted by molar-refractivity contribution is -0.139. The smallest absolute Gasteiger partial charge is 0.338 e. The van der Waals surface area contributed by atoms with Crippen LogP contribution in [-0.4, -0.2) is 27.3 Å². The van der Waals surface area contributed by atoms with Gasteiger partial charge in [0.1, 0.15) is 6.04 Å². The van der Waals surface area contributed by atoms with Crippen molar-refractivity contribution in [2.24, 2.45) is 0 Å². The van der Waals surface area contributed by atoms with Crippen molar-refractivity contribution < 1.29 is 9.53 Å². The Bertz CT molecular complexity index is 1130. The van der Waals surface area contributed by atoms with E-state index in [-0.39, 0.29) is 12.6 Å². The van der Waals surface area contributed by atoms with E-state index in [1.165, 1.54) is 11.8 Å². The molecule has 0 amide bonds. The van der Waals surface area contributed by atoms with Crippen LogP contribution in [0.5, 0.6) is 0 Å². The predicted octanol–water partition coefficient (Wildman–Crippen LogP) is 5.73. The number of allylic oxidation sites excluding steroid dienone is 1. The summed E-state index contributed by atoms with van der Waals surface area (Å²) in [4.78, 5) is 17.4. The molecule has 1 atom stereocenters. The van der Waals surface area contributed by atoms with Gasteiger partial charge < -0.3 is 10.1 Å². The first-order valence-electron chi connectivity index (χ1n) is 9.70. The van der Waals surface area contributed by atoms with Crippen LogP contribution in [0.4, 0.5) is 5.95 Å². The molecule has 1 N–H and O–H groups in total. The van der Waals surface area contributed by atoms with Crippen molar-refractivity contribution in [2.75, 3.05) is 11.9 Å². The Morgan fingerprint density at radius 2 is 1.77 bits per heavy atom. The van der Waals surface area contributed by atoms with E-state index < -0.39 is 6.04 Å². The summed E-state index contributed by atoms with van der Waals surface area (Å²) in [6.07, 6.45) is 0. The van der Waals surface area contributed by atoms with Crippen molar-refractivity contribution in [1.29, 1.82) is 0 Å². The standard InChI is InChI=1S/C22H20Cl2N4O2S/c1-3-30-20(29)18-13(2)25-21-26-22(31-12-14-4-8-16(23)9-5-14)27-28(21)19(18)15-6-10-17(24)11-7-15/h4-11,19H,3,12H2,1-2H3,(H,25,26,27). The summed E-state index contributed by atoms with van der Waals surface area (Å²) >= 11 is 13.6. The van der Waals surface area contributed by atoms with E-state index in [0.29, 0.717) is 38.2 Å². The number of nitrogens with zero attached hydrogens (tertiary/aromatic N) is 3. The number of fused-ring (bicyclic) bond motifs is 1. The van der Waals surface area contributed by atoms with Crippen LogP contribution in [0.15, 0.2) is 65.0 Å². The molecule has 4 rings (SSSR count). The zero-order chi connectivity index (χ0) is 22.0. The molecular weight excluding hydrogens is 455 g/mol. The molecule has 0 saturated heterocycles. The Kier molecular flexibility index (Phi) is 6.55. The van der Waals surface area contributed by atoms with Crippen LogP contribution in [0.2, 0.25) is 10.0 Å². The zero-order valence-corrected chi connectivity index (χ0v) is 19.3. The molecule has 9 heteroatoms. The van der Waals surface area contributed by atoms with Gasteiger partial charge in [-0.1, -0.05) is 59.2 Å². The maximum absolute atomic E-state index is 12.8. The highest BCUT2D eigenvalue weighted by molar-refractivity contribution is 7.98. The number of anilines is 1. The van der Waals surface area contributed by atoms with Gasteiger partial charge in [-0.15, -0.1) is 5.10 Å². The fraction of sp³-hybridized carbons (Fsp3) is 0.227. The van der Waals surface area contributed by atoms with Gasteiger partial charge in [0.25, 0.3) is 0 Å². The summed E-state index contributed by atoms with van der Waals surface area (Å²) in [5, 5.41) is 9.82. The van der Waals surface area contributed by atoms with Gasteiger partial charge in [0, 0.05) is 21.5 Å².